The number of ether oxygens (including phenoxy) is 1. The van der Waals surface area contributed by atoms with E-state index in [0.717, 1.165) is 27.6 Å². The Morgan fingerprint density at radius 1 is 1.00 bits per heavy atom. The van der Waals surface area contributed by atoms with Crippen molar-refractivity contribution in [3.8, 4) is 0 Å². The van der Waals surface area contributed by atoms with Gasteiger partial charge in [-0.15, -0.1) is 0 Å². The minimum atomic E-state index is -0.242. The maximum Gasteiger partial charge on any atom is 0.339 e. The molecule has 0 amide bonds. The van der Waals surface area contributed by atoms with Crippen molar-refractivity contribution in [2.45, 2.75) is 0 Å². The number of hydrogen-bond donors (Lipinski definition) is 0. The van der Waals surface area contributed by atoms with Crippen LogP contribution < -0.4 is 0 Å². The fraction of sp³-hybridized carbons (Fsp3) is 0.105. The number of nitrogens with zero attached hydrogens (tertiary/aromatic N) is 1. The van der Waals surface area contributed by atoms with Crippen LogP contribution >= 0.6 is 0 Å². The molecule has 1 aliphatic rings. The molecular formula is C19H15NO2. The third-order valence-corrected chi connectivity index (χ3v) is 4.14. The van der Waals surface area contributed by atoms with Gasteiger partial charge in [-0.05, 0) is 11.6 Å². The van der Waals surface area contributed by atoms with Crippen molar-refractivity contribution in [1.82, 2.24) is 4.57 Å². The SMILES string of the molecule is Cn1cc(C2=C(c3ccccc3)C(=O)OC2)c2ccccc21. The minimum absolute atomic E-state index is 0.242. The second kappa shape index (κ2) is 4.88. The molecule has 0 atom stereocenters. The molecule has 0 saturated carbocycles. The molecule has 108 valence electrons. The summed E-state index contributed by atoms with van der Waals surface area (Å²) in [5.74, 6) is -0.242. The fourth-order valence-corrected chi connectivity index (χ4v) is 3.10. The van der Waals surface area contributed by atoms with E-state index in [1.54, 1.807) is 0 Å². The molecule has 3 nitrogen and oxygen atoms in total. The van der Waals surface area contributed by atoms with Crippen LogP contribution in [0.2, 0.25) is 0 Å². The zero-order chi connectivity index (χ0) is 15.1. The standard InChI is InChI=1S/C19H15NO2/c1-20-11-15(14-9-5-6-10-17(14)20)16-12-22-19(21)18(16)13-7-3-2-4-8-13/h2-11H,12H2,1H3. The summed E-state index contributed by atoms with van der Waals surface area (Å²) < 4.78 is 7.41. The minimum Gasteiger partial charge on any atom is -0.457 e. The monoisotopic (exact) mass is 289 g/mol. The molecule has 2 heterocycles. The Kier molecular flexibility index (Phi) is 2.86. The van der Waals surface area contributed by atoms with Crippen LogP contribution in [0, 0.1) is 0 Å². The van der Waals surface area contributed by atoms with E-state index < -0.39 is 0 Å². The molecule has 0 saturated heterocycles. The molecule has 22 heavy (non-hydrogen) atoms. The number of hydrogen-bond acceptors (Lipinski definition) is 2. The molecule has 1 aromatic heterocycles. The maximum absolute atomic E-state index is 12.2. The third kappa shape index (κ3) is 1.86. The average molecular weight is 289 g/mol. The predicted octanol–water partition coefficient (Wildman–Crippen LogP) is 3.65. The Morgan fingerprint density at radius 3 is 2.55 bits per heavy atom. The van der Waals surface area contributed by atoms with Gasteiger partial charge in [0.1, 0.15) is 6.61 Å². The second-order valence-corrected chi connectivity index (χ2v) is 5.47. The number of benzene rings is 2. The summed E-state index contributed by atoms with van der Waals surface area (Å²) in [5.41, 5.74) is 4.78. The van der Waals surface area contributed by atoms with Crippen molar-refractivity contribution in [2.75, 3.05) is 6.61 Å². The van der Waals surface area contributed by atoms with E-state index in [2.05, 4.69) is 22.9 Å². The van der Waals surface area contributed by atoms with E-state index in [9.17, 15) is 4.79 Å². The highest BCUT2D eigenvalue weighted by molar-refractivity contribution is 6.28. The quantitative estimate of drug-likeness (QED) is 0.674. The summed E-state index contributed by atoms with van der Waals surface area (Å²) in [4.78, 5) is 12.2. The van der Waals surface area contributed by atoms with Crippen molar-refractivity contribution in [3.05, 3.63) is 71.9 Å². The number of esters is 1. The first-order chi connectivity index (χ1) is 10.8. The van der Waals surface area contributed by atoms with Crippen LogP contribution in [-0.2, 0) is 16.6 Å². The Labute approximate surface area is 128 Å². The van der Waals surface area contributed by atoms with Gasteiger partial charge in [0.05, 0.1) is 5.57 Å². The largest absolute Gasteiger partial charge is 0.457 e. The van der Waals surface area contributed by atoms with Crippen molar-refractivity contribution in [3.63, 3.8) is 0 Å². The molecule has 0 bridgehead atoms. The van der Waals surface area contributed by atoms with Gasteiger partial charge in [-0.3, -0.25) is 0 Å². The number of carbonyl (C=O) groups excluding carboxylic acids is 1. The van der Waals surface area contributed by atoms with E-state index in [-0.39, 0.29) is 5.97 Å². The third-order valence-electron chi connectivity index (χ3n) is 4.14. The van der Waals surface area contributed by atoms with Crippen LogP contribution in [-0.4, -0.2) is 17.1 Å². The summed E-state index contributed by atoms with van der Waals surface area (Å²) in [6.45, 7) is 0.330. The van der Waals surface area contributed by atoms with Crippen LogP contribution in [0.25, 0.3) is 22.0 Å². The molecule has 1 aliphatic heterocycles. The van der Waals surface area contributed by atoms with Gasteiger partial charge in [-0.1, -0.05) is 48.5 Å². The average Bonchev–Trinajstić information content (AvgIpc) is 3.09. The van der Waals surface area contributed by atoms with Crippen LogP contribution in [0.4, 0.5) is 0 Å². The van der Waals surface area contributed by atoms with Gasteiger partial charge in [0, 0.05) is 35.3 Å². The topological polar surface area (TPSA) is 31.2 Å². The fourth-order valence-electron chi connectivity index (χ4n) is 3.10. The lowest BCUT2D eigenvalue weighted by Crippen LogP contribution is -1.98. The molecule has 0 fully saturated rings. The van der Waals surface area contributed by atoms with Crippen LogP contribution in [0.3, 0.4) is 0 Å². The number of rotatable bonds is 2. The van der Waals surface area contributed by atoms with Gasteiger partial charge < -0.3 is 9.30 Å². The highest BCUT2D eigenvalue weighted by Gasteiger charge is 2.28. The number of para-hydroxylation sites is 1. The molecule has 4 rings (SSSR count). The first kappa shape index (κ1) is 12.9. The zero-order valence-electron chi connectivity index (χ0n) is 12.2. The zero-order valence-corrected chi connectivity index (χ0v) is 12.2. The van der Waals surface area contributed by atoms with E-state index in [1.807, 2.05) is 49.5 Å². The van der Waals surface area contributed by atoms with Gasteiger partial charge in [-0.25, -0.2) is 4.79 Å². The molecule has 0 radical (unpaired) electrons. The molecule has 0 aliphatic carbocycles. The summed E-state index contributed by atoms with van der Waals surface area (Å²) in [5, 5.41) is 1.15. The summed E-state index contributed by atoms with van der Waals surface area (Å²) >= 11 is 0. The summed E-state index contributed by atoms with van der Waals surface area (Å²) in [6.07, 6.45) is 2.07. The van der Waals surface area contributed by atoms with Gasteiger partial charge in [-0.2, -0.15) is 0 Å². The molecular weight excluding hydrogens is 274 g/mol. The second-order valence-electron chi connectivity index (χ2n) is 5.47. The van der Waals surface area contributed by atoms with Crippen molar-refractivity contribution < 1.29 is 9.53 Å². The Morgan fingerprint density at radius 2 is 1.73 bits per heavy atom. The van der Waals surface area contributed by atoms with E-state index in [1.165, 1.54) is 0 Å². The maximum atomic E-state index is 12.2. The number of cyclic esters (lactones) is 1. The van der Waals surface area contributed by atoms with Gasteiger partial charge in [0.15, 0.2) is 0 Å². The Hall–Kier alpha value is -2.81. The molecule has 0 unspecified atom stereocenters. The molecule has 0 N–H and O–H groups in total. The van der Waals surface area contributed by atoms with Crippen LogP contribution in [0.15, 0.2) is 60.8 Å². The van der Waals surface area contributed by atoms with Crippen LogP contribution in [0.1, 0.15) is 11.1 Å². The van der Waals surface area contributed by atoms with Crippen molar-refractivity contribution in [1.29, 1.82) is 0 Å². The first-order valence-electron chi connectivity index (χ1n) is 7.26. The summed E-state index contributed by atoms with van der Waals surface area (Å²) in [6, 6.07) is 17.9. The molecule has 0 spiro atoms. The van der Waals surface area contributed by atoms with Crippen molar-refractivity contribution in [2.24, 2.45) is 7.05 Å². The number of aromatic nitrogens is 1. The lowest BCUT2D eigenvalue weighted by molar-refractivity contribution is -0.133. The highest BCUT2D eigenvalue weighted by Crippen LogP contribution is 2.36. The molecule has 3 aromatic rings. The lowest BCUT2D eigenvalue weighted by Gasteiger charge is -2.03. The van der Waals surface area contributed by atoms with E-state index >= 15 is 0 Å². The first-order valence-corrected chi connectivity index (χ1v) is 7.26. The van der Waals surface area contributed by atoms with Crippen LogP contribution in [0.5, 0.6) is 0 Å². The van der Waals surface area contributed by atoms with Gasteiger partial charge in [0.25, 0.3) is 0 Å². The Balaban J connectivity index is 2.00. The lowest BCUT2D eigenvalue weighted by atomic mass is 9.96. The molecule has 2 aromatic carbocycles. The summed E-state index contributed by atoms with van der Waals surface area (Å²) in [7, 11) is 2.02. The number of carbonyl (C=O) groups is 1. The normalized spacial score (nSPS) is 14.7. The van der Waals surface area contributed by atoms with Gasteiger partial charge in [0.2, 0.25) is 0 Å². The van der Waals surface area contributed by atoms with Crippen molar-refractivity contribution >= 4 is 28.0 Å². The van der Waals surface area contributed by atoms with E-state index in [0.29, 0.717) is 12.2 Å². The number of fused-ring (bicyclic) bond motifs is 1. The van der Waals surface area contributed by atoms with Gasteiger partial charge >= 0.3 is 5.97 Å². The smallest absolute Gasteiger partial charge is 0.339 e. The highest BCUT2D eigenvalue weighted by atomic mass is 16.5. The predicted molar refractivity (Wildman–Crippen MR) is 87.1 cm³/mol. The molecule has 3 heteroatoms. The van der Waals surface area contributed by atoms with E-state index in [4.69, 9.17) is 4.74 Å². The number of aryl methyl sites for hydroxylation is 1. The Bertz CT molecular complexity index is 904.